The molecule has 0 aliphatic rings. The number of benzene rings is 1. The number of rotatable bonds is 11. The van der Waals surface area contributed by atoms with Crippen LogP contribution >= 0.6 is 30.9 Å². The maximum atomic E-state index is 13.1. The number of alkyl halides is 2. The van der Waals surface area contributed by atoms with E-state index in [1.807, 2.05) is 0 Å². The van der Waals surface area contributed by atoms with Crippen LogP contribution in [0.5, 0.6) is 5.75 Å². The van der Waals surface area contributed by atoms with Crippen LogP contribution in [0.25, 0.3) is 0 Å². The van der Waals surface area contributed by atoms with Crippen molar-refractivity contribution in [2.24, 2.45) is 0 Å². The molecule has 6 nitrogen and oxygen atoms in total. The summed E-state index contributed by atoms with van der Waals surface area (Å²) in [6.45, 7) is -0.348. The Hall–Kier alpha value is -0.330. The van der Waals surface area contributed by atoms with Crippen molar-refractivity contribution < 1.29 is 23.8 Å². The Labute approximate surface area is 140 Å². The summed E-state index contributed by atoms with van der Waals surface area (Å²) in [6, 6.07) is 8.53. The first-order valence-corrected chi connectivity index (χ1v) is 9.27. The van der Waals surface area contributed by atoms with Crippen molar-refractivity contribution in [3.05, 3.63) is 30.3 Å². The number of hydrogen-bond acceptors (Lipinski definition) is 5. The fourth-order valence-corrected chi connectivity index (χ4v) is 3.98. The van der Waals surface area contributed by atoms with Crippen LogP contribution in [-0.4, -0.2) is 59.1 Å². The predicted octanol–water partition coefficient (Wildman–Crippen LogP) is 2.32. The molecule has 2 N–H and O–H groups in total. The minimum Gasteiger partial charge on any atom is -0.413 e. The Morgan fingerprint density at radius 3 is 2.27 bits per heavy atom. The third-order valence-electron chi connectivity index (χ3n) is 2.64. The summed E-state index contributed by atoms with van der Waals surface area (Å²) in [5.74, 6) is 0.786. The van der Waals surface area contributed by atoms with Crippen molar-refractivity contribution >= 4 is 30.9 Å². The highest BCUT2D eigenvalue weighted by atomic mass is 35.5. The zero-order valence-corrected chi connectivity index (χ0v) is 14.4. The van der Waals surface area contributed by atoms with Gasteiger partial charge in [-0.1, -0.05) is 18.2 Å². The average Bonchev–Trinajstić information content (AvgIpc) is 2.53. The third kappa shape index (κ3) is 6.42. The molecule has 126 valence electrons. The van der Waals surface area contributed by atoms with Crippen LogP contribution in [-0.2, 0) is 9.09 Å². The molecule has 1 aromatic carbocycles. The maximum Gasteiger partial charge on any atom is 0.461 e. The number of nitrogens with zero attached hydrogens (tertiary/aromatic N) is 1. The Bertz CT molecular complexity index is 459. The fraction of sp³-hybridized carbons (Fsp3) is 0.538. The van der Waals surface area contributed by atoms with E-state index in [-0.39, 0.29) is 31.5 Å². The van der Waals surface area contributed by atoms with Crippen LogP contribution in [0.1, 0.15) is 0 Å². The summed E-state index contributed by atoms with van der Waals surface area (Å²) < 4.78 is 25.3. The first kappa shape index (κ1) is 19.7. The van der Waals surface area contributed by atoms with Crippen LogP contribution in [0.3, 0.4) is 0 Å². The molecule has 0 radical (unpaired) electrons. The molecule has 0 bridgehead atoms. The van der Waals surface area contributed by atoms with E-state index in [2.05, 4.69) is 0 Å². The second-order valence-corrected chi connectivity index (χ2v) is 7.04. The molecule has 0 spiro atoms. The van der Waals surface area contributed by atoms with Crippen molar-refractivity contribution in [2.45, 2.75) is 6.10 Å². The second-order valence-electron chi connectivity index (χ2n) is 4.34. The highest BCUT2D eigenvalue weighted by Crippen LogP contribution is 2.51. The van der Waals surface area contributed by atoms with Gasteiger partial charge in [0.2, 0.25) is 0 Å². The van der Waals surface area contributed by atoms with E-state index in [1.165, 1.54) is 4.67 Å². The molecule has 0 saturated carbocycles. The summed E-state index contributed by atoms with van der Waals surface area (Å²) in [7, 11) is -3.76. The number of halogens is 2. The topological polar surface area (TPSA) is 79.2 Å². The van der Waals surface area contributed by atoms with E-state index in [1.54, 1.807) is 30.3 Å². The SMILES string of the molecule is O=P(OCC(O)CO)(Oc1ccccc1)N(CCCl)CCCl. The predicted molar refractivity (Wildman–Crippen MR) is 86.7 cm³/mol. The van der Waals surface area contributed by atoms with E-state index in [4.69, 9.17) is 37.4 Å². The van der Waals surface area contributed by atoms with Crippen LogP contribution < -0.4 is 4.52 Å². The smallest absolute Gasteiger partial charge is 0.413 e. The highest BCUT2D eigenvalue weighted by molar-refractivity contribution is 7.51. The summed E-state index contributed by atoms with van der Waals surface area (Å²) >= 11 is 11.4. The number of aliphatic hydroxyl groups excluding tert-OH is 2. The number of aliphatic hydroxyl groups is 2. The normalized spacial score (nSPS) is 15.5. The molecular formula is C13H20Cl2NO5P. The molecule has 1 rings (SSSR count). The maximum absolute atomic E-state index is 13.1. The summed E-state index contributed by atoms with van der Waals surface area (Å²) in [4.78, 5) is 0. The van der Waals surface area contributed by atoms with E-state index >= 15 is 0 Å². The Kier molecular flexibility index (Phi) is 9.36. The van der Waals surface area contributed by atoms with Crippen LogP contribution in [0.15, 0.2) is 30.3 Å². The minimum absolute atomic E-state index is 0.213. The molecule has 2 unspecified atom stereocenters. The van der Waals surface area contributed by atoms with E-state index in [0.29, 0.717) is 5.75 Å². The molecule has 0 aliphatic carbocycles. The van der Waals surface area contributed by atoms with Gasteiger partial charge in [0.15, 0.2) is 0 Å². The van der Waals surface area contributed by atoms with Gasteiger partial charge in [-0.25, -0.2) is 4.57 Å². The molecule has 22 heavy (non-hydrogen) atoms. The van der Waals surface area contributed by atoms with E-state index < -0.39 is 20.5 Å². The molecule has 1 aromatic rings. The van der Waals surface area contributed by atoms with Crippen molar-refractivity contribution in [1.82, 2.24) is 4.67 Å². The fourth-order valence-electron chi connectivity index (χ4n) is 1.57. The summed E-state index contributed by atoms with van der Waals surface area (Å²) in [6.07, 6.45) is -1.15. The van der Waals surface area contributed by atoms with Gasteiger partial charge >= 0.3 is 7.75 Å². The monoisotopic (exact) mass is 371 g/mol. The largest absolute Gasteiger partial charge is 0.461 e. The lowest BCUT2D eigenvalue weighted by molar-refractivity contribution is 0.0452. The summed E-state index contributed by atoms with van der Waals surface area (Å²) in [5, 5.41) is 18.3. The molecule has 0 aliphatic heterocycles. The Morgan fingerprint density at radius 2 is 1.77 bits per heavy atom. The number of hydrogen-bond donors (Lipinski definition) is 2. The van der Waals surface area contributed by atoms with Crippen LogP contribution in [0.4, 0.5) is 0 Å². The molecule has 9 heteroatoms. The zero-order valence-electron chi connectivity index (χ0n) is 12.0. The molecule has 0 saturated heterocycles. The average molecular weight is 372 g/mol. The van der Waals surface area contributed by atoms with E-state index in [0.717, 1.165) is 0 Å². The molecule has 0 heterocycles. The van der Waals surface area contributed by atoms with Crippen LogP contribution in [0, 0.1) is 0 Å². The van der Waals surface area contributed by atoms with Gasteiger partial charge in [-0.2, -0.15) is 4.67 Å². The lowest BCUT2D eigenvalue weighted by Gasteiger charge is -2.29. The highest BCUT2D eigenvalue weighted by Gasteiger charge is 2.35. The van der Waals surface area contributed by atoms with Gasteiger partial charge in [0.1, 0.15) is 11.9 Å². The second kappa shape index (κ2) is 10.4. The van der Waals surface area contributed by atoms with Gasteiger partial charge < -0.3 is 14.7 Å². The Morgan fingerprint density at radius 1 is 1.18 bits per heavy atom. The van der Waals surface area contributed by atoms with Crippen molar-refractivity contribution in [2.75, 3.05) is 38.1 Å². The molecular weight excluding hydrogens is 352 g/mol. The van der Waals surface area contributed by atoms with Gasteiger partial charge in [0.05, 0.1) is 13.2 Å². The summed E-state index contributed by atoms with van der Waals surface area (Å²) in [5.41, 5.74) is 0. The Balaban J connectivity index is 2.93. The lowest BCUT2D eigenvalue weighted by atomic mass is 10.3. The van der Waals surface area contributed by atoms with Gasteiger partial charge in [0, 0.05) is 24.8 Å². The van der Waals surface area contributed by atoms with Crippen molar-refractivity contribution in [3.8, 4) is 5.75 Å². The first-order valence-electron chi connectivity index (χ1n) is 6.71. The van der Waals surface area contributed by atoms with Crippen molar-refractivity contribution in [1.29, 1.82) is 0 Å². The molecule has 0 amide bonds. The molecule has 0 aromatic heterocycles. The standard InChI is InChI=1S/C13H20Cl2NO5P/c14-6-8-16(9-7-15)22(19,20-11-12(18)10-17)21-13-4-2-1-3-5-13/h1-5,12,17-18H,6-11H2. The first-order chi connectivity index (χ1) is 10.6. The lowest BCUT2D eigenvalue weighted by Crippen LogP contribution is -2.30. The van der Waals surface area contributed by atoms with E-state index in [9.17, 15) is 9.67 Å². The third-order valence-corrected chi connectivity index (χ3v) is 4.98. The van der Waals surface area contributed by atoms with Gasteiger partial charge in [-0.15, -0.1) is 23.2 Å². The molecule has 0 fully saturated rings. The quantitative estimate of drug-likeness (QED) is 0.459. The minimum atomic E-state index is -3.76. The van der Waals surface area contributed by atoms with Crippen LogP contribution in [0.2, 0.25) is 0 Å². The molecule has 2 atom stereocenters. The van der Waals surface area contributed by atoms with Gasteiger partial charge in [-0.05, 0) is 12.1 Å². The van der Waals surface area contributed by atoms with Gasteiger partial charge in [0.25, 0.3) is 0 Å². The number of para-hydroxylation sites is 1. The zero-order chi connectivity index (χ0) is 16.4. The van der Waals surface area contributed by atoms with Crippen molar-refractivity contribution in [3.63, 3.8) is 0 Å². The van der Waals surface area contributed by atoms with Gasteiger partial charge in [-0.3, -0.25) is 4.52 Å².